The van der Waals surface area contributed by atoms with Gasteiger partial charge in [0.05, 0.1) is 6.54 Å². The summed E-state index contributed by atoms with van der Waals surface area (Å²) in [7, 11) is 1.95. The Labute approximate surface area is 53.5 Å². The van der Waals surface area contributed by atoms with E-state index in [9.17, 15) is 0 Å². The average molecular weight is 131 g/mol. The Kier molecular flexibility index (Phi) is 1.53. The minimum Gasteiger partial charge on any atom is -0.373 e. The van der Waals surface area contributed by atoms with Gasteiger partial charge in [0.25, 0.3) is 0 Å². The predicted molar refractivity (Wildman–Crippen MR) is 35.1 cm³/mol. The van der Waals surface area contributed by atoms with E-state index in [1.807, 2.05) is 11.9 Å². The van der Waals surface area contributed by atoms with E-state index >= 15 is 0 Å². The van der Waals surface area contributed by atoms with Crippen molar-refractivity contribution < 1.29 is 0 Å². The molecule has 0 aromatic carbocycles. The van der Waals surface area contributed by atoms with E-state index in [2.05, 4.69) is 4.99 Å². The summed E-state index contributed by atoms with van der Waals surface area (Å²) in [6.07, 6.45) is 3.57. The molecule has 44 valence electrons. The lowest BCUT2D eigenvalue weighted by atomic mass is 10.5. The molecule has 0 unspecified atom stereocenters. The van der Waals surface area contributed by atoms with Crippen LogP contribution in [0.25, 0.3) is 0 Å². The summed E-state index contributed by atoms with van der Waals surface area (Å²) < 4.78 is 0. The SMILES string of the molecule is CN1C=C(Cl)N=CC1. The normalized spacial score (nSPS) is 18.8. The Hall–Kier alpha value is -0.500. The summed E-state index contributed by atoms with van der Waals surface area (Å²) in [5, 5.41) is 0.554. The van der Waals surface area contributed by atoms with Gasteiger partial charge in [-0.05, 0) is 0 Å². The topological polar surface area (TPSA) is 15.6 Å². The Morgan fingerprint density at radius 2 is 2.62 bits per heavy atom. The van der Waals surface area contributed by atoms with Gasteiger partial charge in [-0.25, -0.2) is 4.99 Å². The summed E-state index contributed by atoms with van der Waals surface area (Å²) >= 11 is 5.53. The van der Waals surface area contributed by atoms with E-state index in [1.165, 1.54) is 0 Å². The zero-order valence-corrected chi connectivity index (χ0v) is 5.39. The molecule has 0 aromatic rings. The Morgan fingerprint density at radius 3 is 3.00 bits per heavy atom. The fraction of sp³-hybridized carbons (Fsp3) is 0.400. The molecule has 0 fully saturated rings. The van der Waals surface area contributed by atoms with Gasteiger partial charge >= 0.3 is 0 Å². The Morgan fingerprint density at radius 1 is 1.88 bits per heavy atom. The van der Waals surface area contributed by atoms with Crippen molar-refractivity contribution >= 4 is 17.8 Å². The first kappa shape index (κ1) is 5.63. The van der Waals surface area contributed by atoms with Crippen molar-refractivity contribution in [2.24, 2.45) is 4.99 Å². The van der Waals surface area contributed by atoms with Crippen molar-refractivity contribution in [3.05, 3.63) is 11.4 Å². The highest BCUT2D eigenvalue weighted by atomic mass is 35.5. The second-order valence-corrected chi connectivity index (χ2v) is 2.09. The molecule has 8 heavy (non-hydrogen) atoms. The highest BCUT2D eigenvalue weighted by molar-refractivity contribution is 6.29. The fourth-order valence-corrected chi connectivity index (χ4v) is 0.760. The molecule has 0 saturated carbocycles. The maximum atomic E-state index is 5.53. The predicted octanol–water partition coefficient (Wildman–Crippen LogP) is 1.04. The van der Waals surface area contributed by atoms with E-state index in [0.717, 1.165) is 6.54 Å². The smallest absolute Gasteiger partial charge is 0.144 e. The van der Waals surface area contributed by atoms with Crippen LogP contribution in [-0.2, 0) is 0 Å². The number of nitrogens with zero attached hydrogens (tertiary/aromatic N) is 2. The standard InChI is InChI=1S/C5H7ClN2/c1-8-3-2-7-5(6)4-8/h2,4H,3H2,1H3. The van der Waals surface area contributed by atoms with Gasteiger partial charge in [-0.2, -0.15) is 0 Å². The van der Waals surface area contributed by atoms with Gasteiger partial charge in [-0.1, -0.05) is 11.6 Å². The van der Waals surface area contributed by atoms with Crippen molar-refractivity contribution in [3.8, 4) is 0 Å². The van der Waals surface area contributed by atoms with Crippen LogP contribution in [0.5, 0.6) is 0 Å². The molecule has 2 nitrogen and oxygen atoms in total. The largest absolute Gasteiger partial charge is 0.373 e. The molecule has 0 spiro atoms. The highest BCUT2D eigenvalue weighted by Gasteiger charge is 1.96. The van der Waals surface area contributed by atoms with Gasteiger partial charge < -0.3 is 4.90 Å². The summed E-state index contributed by atoms with van der Waals surface area (Å²) in [5.74, 6) is 0. The molecule has 0 aromatic heterocycles. The van der Waals surface area contributed by atoms with Crippen LogP contribution in [0.4, 0.5) is 0 Å². The summed E-state index contributed by atoms with van der Waals surface area (Å²) in [4.78, 5) is 5.81. The maximum absolute atomic E-state index is 5.53. The minimum absolute atomic E-state index is 0.554. The monoisotopic (exact) mass is 130 g/mol. The molecule has 0 amide bonds. The zero-order chi connectivity index (χ0) is 5.98. The van der Waals surface area contributed by atoms with Gasteiger partial charge in [-0.3, -0.25) is 0 Å². The van der Waals surface area contributed by atoms with E-state index in [-0.39, 0.29) is 0 Å². The Balaban J connectivity index is 2.63. The molecule has 3 heteroatoms. The quantitative estimate of drug-likeness (QED) is 0.448. The van der Waals surface area contributed by atoms with E-state index in [0.29, 0.717) is 5.16 Å². The lowest BCUT2D eigenvalue weighted by Crippen LogP contribution is -2.16. The molecule has 1 aliphatic rings. The van der Waals surface area contributed by atoms with Crippen molar-refractivity contribution in [1.29, 1.82) is 0 Å². The Bertz CT molecular complexity index is 139. The third kappa shape index (κ3) is 1.23. The van der Waals surface area contributed by atoms with Crippen LogP contribution in [0, 0.1) is 0 Å². The number of rotatable bonds is 0. The van der Waals surface area contributed by atoms with Gasteiger partial charge in [0.1, 0.15) is 5.16 Å². The molecule has 0 N–H and O–H groups in total. The molecule has 0 aliphatic carbocycles. The second-order valence-electron chi connectivity index (χ2n) is 1.70. The molecule has 1 rings (SSSR count). The van der Waals surface area contributed by atoms with Crippen LogP contribution in [0.3, 0.4) is 0 Å². The first-order valence-electron chi connectivity index (χ1n) is 2.39. The van der Waals surface area contributed by atoms with Gasteiger partial charge in [0.15, 0.2) is 0 Å². The van der Waals surface area contributed by atoms with Gasteiger partial charge in [0, 0.05) is 19.5 Å². The molecular formula is C5H7ClN2. The second kappa shape index (κ2) is 2.18. The first-order chi connectivity index (χ1) is 3.79. The molecule has 0 radical (unpaired) electrons. The lowest BCUT2D eigenvalue weighted by molar-refractivity contribution is 0.520. The van der Waals surface area contributed by atoms with Crippen molar-refractivity contribution in [2.75, 3.05) is 13.6 Å². The lowest BCUT2D eigenvalue weighted by Gasteiger charge is -2.13. The average Bonchev–Trinajstić information content (AvgIpc) is 1.64. The van der Waals surface area contributed by atoms with Crippen LogP contribution in [-0.4, -0.2) is 24.7 Å². The summed E-state index contributed by atoms with van der Waals surface area (Å²) in [5.41, 5.74) is 0. The molecule has 1 heterocycles. The van der Waals surface area contributed by atoms with Gasteiger partial charge in [0.2, 0.25) is 0 Å². The van der Waals surface area contributed by atoms with Crippen LogP contribution in [0.2, 0.25) is 0 Å². The first-order valence-corrected chi connectivity index (χ1v) is 2.77. The number of aliphatic imine (C=N–C) groups is 1. The fourth-order valence-electron chi connectivity index (χ4n) is 0.525. The number of halogens is 1. The summed E-state index contributed by atoms with van der Waals surface area (Å²) in [6.45, 7) is 0.857. The highest BCUT2D eigenvalue weighted by Crippen LogP contribution is 2.05. The molecule has 0 saturated heterocycles. The molecule has 1 aliphatic heterocycles. The minimum atomic E-state index is 0.554. The molecular weight excluding hydrogens is 124 g/mol. The van der Waals surface area contributed by atoms with E-state index < -0.39 is 0 Å². The summed E-state index contributed by atoms with van der Waals surface area (Å²) in [6, 6.07) is 0. The third-order valence-corrected chi connectivity index (χ3v) is 1.11. The zero-order valence-electron chi connectivity index (χ0n) is 4.63. The van der Waals surface area contributed by atoms with Gasteiger partial charge in [-0.15, -0.1) is 0 Å². The number of hydrogen-bond donors (Lipinski definition) is 0. The third-order valence-electron chi connectivity index (χ3n) is 0.911. The number of hydrogen-bond acceptors (Lipinski definition) is 2. The van der Waals surface area contributed by atoms with Crippen molar-refractivity contribution in [1.82, 2.24) is 4.90 Å². The van der Waals surface area contributed by atoms with Crippen LogP contribution in [0.15, 0.2) is 16.3 Å². The van der Waals surface area contributed by atoms with Crippen molar-refractivity contribution in [3.63, 3.8) is 0 Å². The van der Waals surface area contributed by atoms with Crippen molar-refractivity contribution in [2.45, 2.75) is 0 Å². The van der Waals surface area contributed by atoms with E-state index in [4.69, 9.17) is 11.6 Å². The van der Waals surface area contributed by atoms with Crippen LogP contribution in [0.1, 0.15) is 0 Å². The molecule has 0 bridgehead atoms. The molecule has 0 atom stereocenters. The van der Waals surface area contributed by atoms with Crippen LogP contribution < -0.4 is 0 Å². The van der Waals surface area contributed by atoms with E-state index in [1.54, 1.807) is 12.4 Å². The van der Waals surface area contributed by atoms with Crippen LogP contribution >= 0.6 is 11.6 Å². The maximum Gasteiger partial charge on any atom is 0.144 e.